The number of hydrogen-bond acceptors (Lipinski definition) is 4. The predicted octanol–water partition coefficient (Wildman–Crippen LogP) is 3.84. The van der Waals surface area contributed by atoms with E-state index in [1.165, 1.54) is 6.07 Å². The van der Waals surface area contributed by atoms with Crippen molar-refractivity contribution in [3.05, 3.63) is 59.2 Å². The third-order valence-electron chi connectivity index (χ3n) is 5.66. The van der Waals surface area contributed by atoms with E-state index in [0.717, 1.165) is 17.5 Å². The van der Waals surface area contributed by atoms with Crippen LogP contribution >= 0.6 is 0 Å². The molecule has 0 bridgehead atoms. The average molecular weight is 427 g/mol. The Labute approximate surface area is 184 Å². The maximum atomic E-state index is 13.4. The Balaban J connectivity index is 2.30. The number of rotatable bonds is 11. The molecule has 0 radical (unpaired) electrons. The quantitative estimate of drug-likeness (QED) is 0.475. The minimum atomic E-state index is -0.676. The fraction of sp³-hybridized carbons (Fsp3) is 0.440. The predicted molar refractivity (Wildman–Crippen MR) is 122 cm³/mol. The van der Waals surface area contributed by atoms with Crippen LogP contribution in [0.2, 0.25) is 0 Å². The lowest BCUT2D eigenvalue weighted by atomic mass is 9.97. The standard InChI is InChI=1S/C25H34N2O4/c1-4-8-21(25(26)31)27(23(29)16-18-10-6-9-17(3)15-18)20(5-2)14-13-19-11-7-12-22(28)24(19)30/h6-7,9-12,15,20-21,28,30H,4-5,8,13-14,16H2,1-3H3,(H2,26,31)/t20?,21-/m0/s1. The highest BCUT2D eigenvalue weighted by Gasteiger charge is 2.32. The molecule has 0 spiro atoms. The SMILES string of the molecule is CCC[C@@H](C(N)=O)N(C(=O)Cc1cccc(C)c1)C(CC)CCc1cccc(O)c1O. The zero-order valence-corrected chi connectivity index (χ0v) is 18.7. The highest BCUT2D eigenvalue weighted by molar-refractivity contribution is 5.87. The minimum absolute atomic E-state index is 0.130. The summed E-state index contributed by atoms with van der Waals surface area (Å²) in [6, 6.07) is 11.7. The van der Waals surface area contributed by atoms with Crippen LogP contribution in [0.5, 0.6) is 11.5 Å². The van der Waals surface area contributed by atoms with Gasteiger partial charge in [-0.15, -0.1) is 0 Å². The van der Waals surface area contributed by atoms with E-state index in [4.69, 9.17) is 5.73 Å². The van der Waals surface area contributed by atoms with Crippen molar-refractivity contribution in [2.45, 2.75) is 71.4 Å². The van der Waals surface area contributed by atoms with Crippen molar-refractivity contribution in [2.24, 2.45) is 5.73 Å². The van der Waals surface area contributed by atoms with Crippen molar-refractivity contribution in [3.63, 3.8) is 0 Å². The number of primary amides is 1. The number of phenols is 2. The largest absolute Gasteiger partial charge is 0.504 e. The number of aryl methyl sites for hydroxylation is 2. The molecule has 6 nitrogen and oxygen atoms in total. The molecule has 4 N–H and O–H groups in total. The van der Waals surface area contributed by atoms with Crippen molar-refractivity contribution in [1.29, 1.82) is 0 Å². The Bertz CT molecular complexity index is 897. The Morgan fingerprint density at radius 1 is 1.06 bits per heavy atom. The number of phenolic OH excluding ortho intramolecular Hbond substituents is 2. The Morgan fingerprint density at radius 2 is 1.77 bits per heavy atom. The fourth-order valence-electron chi connectivity index (χ4n) is 4.05. The molecule has 0 heterocycles. The third kappa shape index (κ3) is 6.48. The molecule has 0 saturated heterocycles. The van der Waals surface area contributed by atoms with Crippen molar-refractivity contribution >= 4 is 11.8 Å². The van der Waals surface area contributed by atoms with Gasteiger partial charge >= 0.3 is 0 Å². The lowest BCUT2D eigenvalue weighted by Crippen LogP contribution is -2.53. The molecule has 6 heteroatoms. The molecule has 0 fully saturated rings. The second-order valence-electron chi connectivity index (χ2n) is 8.06. The van der Waals surface area contributed by atoms with Gasteiger partial charge in [-0.2, -0.15) is 0 Å². The summed E-state index contributed by atoms with van der Waals surface area (Å²) in [5, 5.41) is 19.9. The first-order valence-corrected chi connectivity index (χ1v) is 10.9. The van der Waals surface area contributed by atoms with Crippen LogP contribution in [0, 0.1) is 6.92 Å². The lowest BCUT2D eigenvalue weighted by Gasteiger charge is -2.37. The molecule has 0 aliphatic carbocycles. The topological polar surface area (TPSA) is 104 Å². The van der Waals surface area contributed by atoms with E-state index in [2.05, 4.69) is 0 Å². The van der Waals surface area contributed by atoms with E-state index in [0.29, 0.717) is 31.2 Å². The van der Waals surface area contributed by atoms with Crippen LogP contribution in [0.3, 0.4) is 0 Å². The van der Waals surface area contributed by atoms with Crippen LogP contribution in [0.15, 0.2) is 42.5 Å². The molecule has 0 saturated carbocycles. The molecular formula is C25H34N2O4. The number of hydrogen-bond donors (Lipinski definition) is 3. The van der Waals surface area contributed by atoms with Crippen LogP contribution in [-0.2, 0) is 22.4 Å². The Kier molecular flexibility index (Phi) is 8.91. The highest BCUT2D eigenvalue weighted by atomic mass is 16.3. The summed E-state index contributed by atoms with van der Waals surface area (Å²) in [5.74, 6) is -0.943. The molecule has 2 aromatic carbocycles. The van der Waals surface area contributed by atoms with Gasteiger partial charge in [-0.1, -0.05) is 62.2 Å². The van der Waals surface area contributed by atoms with Gasteiger partial charge in [0, 0.05) is 6.04 Å². The smallest absolute Gasteiger partial charge is 0.240 e. The number of carbonyl (C=O) groups is 2. The van der Waals surface area contributed by atoms with E-state index in [-0.39, 0.29) is 29.9 Å². The Hall–Kier alpha value is -3.02. The van der Waals surface area contributed by atoms with E-state index in [1.807, 2.05) is 45.0 Å². The van der Waals surface area contributed by atoms with Crippen LogP contribution in [-0.4, -0.2) is 39.0 Å². The molecule has 0 aliphatic heterocycles. The first-order valence-electron chi connectivity index (χ1n) is 10.9. The first kappa shape index (κ1) is 24.3. The highest BCUT2D eigenvalue weighted by Crippen LogP contribution is 2.30. The van der Waals surface area contributed by atoms with Crippen molar-refractivity contribution < 1.29 is 19.8 Å². The summed E-state index contributed by atoms with van der Waals surface area (Å²) in [5.41, 5.74) is 8.29. The summed E-state index contributed by atoms with van der Waals surface area (Å²) in [6.45, 7) is 5.92. The summed E-state index contributed by atoms with van der Waals surface area (Å²) >= 11 is 0. The molecule has 0 aromatic heterocycles. The molecule has 2 atom stereocenters. The van der Waals surface area contributed by atoms with Gasteiger partial charge < -0.3 is 20.8 Å². The maximum absolute atomic E-state index is 13.4. The third-order valence-corrected chi connectivity index (χ3v) is 5.66. The average Bonchev–Trinajstić information content (AvgIpc) is 2.72. The summed E-state index contributed by atoms with van der Waals surface area (Å²) < 4.78 is 0. The van der Waals surface area contributed by atoms with Gasteiger partial charge in [0.05, 0.1) is 6.42 Å². The minimum Gasteiger partial charge on any atom is -0.504 e. The molecule has 168 valence electrons. The van der Waals surface area contributed by atoms with Gasteiger partial charge in [-0.3, -0.25) is 9.59 Å². The summed E-state index contributed by atoms with van der Waals surface area (Å²) in [4.78, 5) is 27.4. The maximum Gasteiger partial charge on any atom is 0.240 e. The number of carbonyl (C=O) groups excluding carboxylic acids is 2. The second kappa shape index (κ2) is 11.4. The van der Waals surface area contributed by atoms with Crippen molar-refractivity contribution in [3.8, 4) is 11.5 Å². The van der Waals surface area contributed by atoms with Gasteiger partial charge in [-0.25, -0.2) is 0 Å². The normalized spacial score (nSPS) is 12.9. The van der Waals surface area contributed by atoms with Crippen LogP contribution in [0.4, 0.5) is 0 Å². The van der Waals surface area contributed by atoms with Gasteiger partial charge in [0.15, 0.2) is 11.5 Å². The molecule has 2 aromatic rings. The number of nitrogens with zero attached hydrogens (tertiary/aromatic N) is 1. The van der Waals surface area contributed by atoms with Gasteiger partial charge in [0.2, 0.25) is 11.8 Å². The van der Waals surface area contributed by atoms with E-state index < -0.39 is 11.9 Å². The zero-order chi connectivity index (χ0) is 23.0. The number of amides is 2. The molecule has 2 rings (SSSR count). The first-order chi connectivity index (χ1) is 14.8. The van der Waals surface area contributed by atoms with Gasteiger partial charge in [0.1, 0.15) is 6.04 Å². The number of nitrogens with two attached hydrogens (primary N) is 1. The summed E-state index contributed by atoms with van der Waals surface area (Å²) in [6.07, 6.45) is 3.08. The fourth-order valence-corrected chi connectivity index (χ4v) is 4.05. The molecular weight excluding hydrogens is 392 g/mol. The molecule has 0 aliphatic rings. The van der Waals surface area contributed by atoms with Crippen molar-refractivity contribution in [2.75, 3.05) is 0 Å². The lowest BCUT2D eigenvalue weighted by molar-refractivity contribution is -0.142. The monoisotopic (exact) mass is 426 g/mol. The molecule has 31 heavy (non-hydrogen) atoms. The summed E-state index contributed by atoms with van der Waals surface area (Å²) in [7, 11) is 0. The van der Waals surface area contributed by atoms with Gasteiger partial charge in [0.25, 0.3) is 0 Å². The number of benzene rings is 2. The zero-order valence-electron chi connectivity index (χ0n) is 18.7. The van der Waals surface area contributed by atoms with Crippen LogP contribution in [0.25, 0.3) is 0 Å². The van der Waals surface area contributed by atoms with Gasteiger partial charge in [-0.05, 0) is 49.8 Å². The number of aromatic hydroxyl groups is 2. The van der Waals surface area contributed by atoms with Crippen molar-refractivity contribution in [1.82, 2.24) is 4.90 Å². The number of para-hydroxylation sites is 1. The Morgan fingerprint density at radius 3 is 2.39 bits per heavy atom. The van der Waals surface area contributed by atoms with Crippen LogP contribution < -0.4 is 5.73 Å². The van der Waals surface area contributed by atoms with E-state index >= 15 is 0 Å². The molecule has 2 amide bonds. The molecule has 1 unspecified atom stereocenters. The second-order valence-corrected chi connectivity index (χ2v) is 8.06. The van der Waals surface area contributed by atoms with E-state index in [9.17, 15) is 19.8 Å². The van der Waals surface area contributed by atoms with E-state index in [1.54, 1.807) is 17.0 Å². The van der Waals surface area contributed by atoms with Crippen LogP contribution in [0.1, 0.15) is 56.2 Å².